The van der Waals surface area contributed by atoms with E-state index < -0.39 is 0 Å². The summed E-state index contributed by atoms with van der Waals surface area (Å²) in [6.45, 7) is 14.4. The summed E-state index contributed by atoms with van der Waals surface area (Å²) in [6, 6.07) is 0. The van der Waals surface area contributed by atoms with Crippen molar-refractivity contribution in [1.82, 2.24) is 15.8 Å². The lowest BCUT2D eigenvalue weighted by Gasteiger charge is -2.12. The van der Waals surface area contributed by atoms with Gasteiger partial charge in [-0.05, 0) is 25.7 Å². The number of halogens is 1. The first-order valence-electron chi connectivity index (χ1n) is 9.18. The van der Waals surface area contributed by atoms with E-state index in [2.05, 4.69) is 55.4 Å². The van der Waals surface area contributed by atoms with Crippen LogP contribution in [0.4, 0.5) is 0 Å². The van der Waals surface area contributed by atoms with Crippen molar-refractivity contribution in [3.8, 4) is 0 Å². The molecule has 6 nitrogen and oxygen atoms in total. The third-order valence-electron chi connectivity index (χ3n) is 3.56. The van der Waals surface area contributed by atoms with Crippen molar-refractivity contribution < 1.29 is 9.26 Å². The SMILES string of the molecule is CCNC(=NCc1c(CC)noc1CC)NCCCOCC(C)C.I. The van der Waals surface area contributed by atoms with E-state index in [0.29, 0.717) is 12.5 Å². The molecule has 0 atom stereocenters. The quantitative estimate of drug-likeness (QED) is 0.226. The van der Waals surface area contributed by atoms with Gasteiger partial charge in [-0.15, -0.1) is 24.0 Å². The molecule has 1 rings (SSSR count). The second kappa shape index (κ2) is 14.4. The van der Waals surface area contributed by atoms with E-state index in [4.69, 9.17) is 9.26 Å². The lowest BCUT2D eigenvalue weighted by atomic mass is 10.1. The summed E-state index contributed by atoms with van der Waals surface area (Å²) in [7, 11) is 0. The zero-order chi connectivity index (χ0) is 17.8. The number of nitrogens with zero attached hydrogens (tertiary/aromatic N) is 2. The predicted octanol–water partition coefficient (Wildman–Crippen LogP) is 3.54. The number of nitrogens with one attached hydrogen (secondary N) is 2. The summed E-state index contributed by atoms with van der Waals surface area (Å²) in [5.41, 5.74) is 2.13. The summed E-state index contributed by atoms with van der Waals surface area (Å²) in [6.07, 6.45) is 2.67. The molecule has 0 aliphatic carbocycles. The number of ether oxygens (including phenoxy) is 1. The first-order valence-corrected chi connectivity index (χ1v) is 9.18. The number of hydrogen-bond acceptors (Lipinski definition) is 4. The molecule has 1 aromatic heterocycles. The van der Waals surface area contributed by atoms with Crippen molar-refractivity contribution in [2.24, 2.45) is 10.9 Å². The van der Waals surface area contributed by atoms with Crippen LogP contribution < -0.4 is 10.6 Å². The smallest absolute Gasteiger partial charge is 0.191 e. The van der Waals surface area contributed by atoms with Gasteiger partial charge in [-0.1, -0.05) is 32.9 Å². The molecule has 25 heavy (non-hydrogen) atoms. The Hall–Kier alpha value is -0.830. The molecule has 0 fully saturated rings. The molecule has 0 bridgehead atoms. The van der Waals surface area contributed by atoms with Crippen molar-refractivity contribution >= 4 is 29.9 Å². The summed E-state index contributed by atoms with van der Waals surface area (Å²) in [5, 5.41) is 10.8. The Morgan fingerprint density at radius 2 is 1.96 bits per heavy atom. The molecule has 0 aliphatic rings. The normalized spacial score (nSPS) is 11.5. The molecule has 0 aromatic carbocycles. The van der Waals surface area contributed by atoms with Crippen molar-refractivity contribution in [3.63, 3.8) is 0 Å². The van der Waals surface area contributed by atoms with E-state index >= 15 is 0 Å². The van der Waals surface area contributed by atoms with Crippen molar-refractivity contribution in [1.29, 1.82) is 0 Å². The van der Waals surface area contributed by atoms with Crippen LogP contribution >= 0.6 is 24.0 Å². The number of hydrogen-bond donors (Lipinski definition) is 2. The van der Waals surface area contributed by atoms with E-state index in [-0.39, 0.29) is 24.0 Å². The van der Waals surface area contributed by atoms with Gasteiger partial charge in [-0.25, -0.2) is 4.99 Å². The molecular weight excluding hydrogens is 431 g/mol. The summed E-state index contributed by atoms with van der Waals surface area (Å²) in [5.74, 6) is 2.35. The molecular formula is C18H35IN4O2. The van der Waals surface area contributed by atoms with E-state index in [9.17, 15) is 0 Å². The van der Waals surface area contributed by atoms with Crippen LogP contribution in [0.2, 0.25) is 0 Å². The molecule has 0 saturated carbocycles. The van der Waals surface area contributed by atoms with E-state index in [1.54, 1.807) is 0 Å². The van der Waals surface area contributed by atoms with Crippen LogP contribution in [-0.2, 0) is 24.1 Å². The van der Waals surface area contributed by atoms with Gasteiger partial charge in [0.15, 0.2) is 5.96 Å². The molecule has 1 heterocycles. The topological polar surface area (TPSA) is 71.7 Å². The Labute approximate surface area is 169 Å². The van der Waals surface area contributed by atoms with Crippen LogP contribution in [0.5, 0.6) is 0 Å². The van der Waals surface area contributed by atoms with Gasteiger partial charge in [0, 0.05) is 38.3 Å². The first kappa shape index (κ1) is 24.2. The van der Waals surface area contributed by atoms with Crippen LogP contribution in [0.25, 0.3) is 0 Å². The maximum absolute atomic E-state index is 5.60. The first-order chi connectivity index (χ1) is 11.6. The third kappa shape index (κ3) is 9.44. The number of guanidine groups is 1. The molecule has 0 unspecified atom stereocenters. The van der Waals surface area contributed by atoms with Crippen molar-refractivity contribution in [2.75, 3.05) is 26.3 Å². The number of aliphatic imine (C=N–C) groups is 1. The fraction of sp³-hybridized carbons (Fsp3) is 0.778. The van der Waals surface area contributed by atoms with Gasteiger partial charge in [-0.2, -0.15) is 0 Å². The fourth-order valence-corrected chi connectivity index (χ4v) is 2.32. The number of aryl methyl sites for hydroxylation is 2. The van der Waals surface area contributed by atoms with E-state index in [0.717, 1.165) is 68.5 Å². The largest absolute Gasteiger partial charge is 0.381 e. The highest BCUT2D eigenvalue weighted by Crippen LogP contribution is 2.16. The highest BCUT2D eigenvalue weighted by molar-refractivity contribution is 14.0. The molecule has 0 saturated heterocycles. The minimum Gasteiger partial charge on any atom is -0.381 e. The summed E-state index contributed by atoms with van der Waals surface area (Å²) >= 11 is 0. The van der Waals surface area contributed by atoms with Gasteiger partial charge in [0.05, 0.1) is 12.2 Å². The van der Waals surface area contributed by atoms with Gasteiger partial charge in [0.2, 0.25) is 0 Å². The molecule has 0 radical (unpaired) electrons. The molecule has 2 N–H and O–H groups in total. The Morgan fingerprint density at radius 1 is 1.20 bits per heavy atom. The molecule has 7 heteroatoms. The fourth-order valence-electron chi connectivity index (χ4n) is 2.32. The van der Waals surface area contributed by atoms with Crippen LogP contribution in [0, 0.1) is 5.92 Å². The summed E-state index contributed by atoms with van der Waals surface area (Å²) in [4.78, 5) is 4.67. The maximum Gasteiger partial charge on any atom is 0.191 e. The minimum atomic E-state index is 0. The molecule has 1 aromatic rings. The van der Waals surface area contributed by atoms with Crippen LogP contribution in [0.15, 0.2) is 9.52 Å². The second-order valence-corrected chi connectivity index (χ2v) is 6.18. The lowest BCUT2D eigenvalue weighted by molar-refractivity contribution is 0.108. The van der Waals surface area contributed by atoms with Gasteiger partial charge < -0.3 is 19.9 Å². The molecule has 0 spiro atoms. The molecule has 0 aliphatic heterocycles. The van der Waals surface area contributed by atoms with E-state index in [1.165, 1.54) is 0 Å². The van der Waals surface area contributed by atoms with Gasteiger partial charge >= 0.3 is 0 Å². The van der Waals surface area contributed by atoms with Crippen molar-refractivity contribution in [3.05, 3.63) is 17.0 Å². The Balaban J connectivity index is 0.00000576. The average molecular weight is 466 g/mol. The standard InChI is InChI=1S/C18H34N4O2.HI/c1-6-16-15(17(7-2)24-22-16)12-21-18(19-8-3)20-10-9-11-23-13-14(4)5;/h14H,6-13H2,1-5H3,(H2,19,20,21);1H. The van der Waals surface area contributed by atoms with Gasteiger partial charge in [0.1, 0.15) is 5.76 Å². The third-order valence-corrected chi connectivity index (χ3v) is 3.56. The lowest BCUT2D eigenvalue weighted by Crippen LogP contribution is -2.38. The van der Waals surface area contributed by atoms with E-state index in [1.807, 2.05) is 0 Å². The average Bonchev–Trinajstić information content (AvgIpc) is 2.97. The zero-order valence-corrected chi connectivity index (χ0v) is 18.7. The maximum atomic E-state index is 5.60. The Bertz CT molecular complexity index is 468. The van der Waals surface area contributed by atoms with Crippen LogP contribution in [0.3, 0.4) is 0 Å². The van der Waals surface area contributed by atoms with Gasteiger partial charge in [0.25, 0.3) is 0 Å². The molecule has 0 amide bonds. The van der Waals surface area contributed by atoms with Gasteiger partial charge in [-0.3, -0.25) is 0 Å². The number of rotatable bonds is 11. The minimum absolute atomic E-state index is 0. The Kier molecular flexibility index (Phi) is 13.9. The zero-order valence-electron chi connectivity index (χ0n) is 16.4. The number of aromatic nitrogens is 1. The highest BCUT2D eigenvalue weighted by Gasteiger charge is 2.12. The predicted molar refractivity (Wildman–Crippen MR) is 114 cm³/mol. The summed E-state index contributed by atoms with van der Waals surface area (Å²) < 4.78 is 11.0. The molecule has 146 valence electrons. The highest BCUT2D eigenvalue weighted by atomic mass is 127. The second-order valence-electron chi connectivity index (χ2n) is 6.18. The Morgan fingerprint density at radius 3 is 2.56 bits per heavy atom. The monoisotopic (exact) mass is 466 g/mol. The van der Waals surface area contributed by atoms with Crippen molar-refractivity contribution in [2.45, 2.75) is 60.4 Å². The van der Waals surface area contributed by atoms with Crippen LogP contribution in [-0.4, -0.2) is 37.4 Å². The van der Waals surface area contributed by atoms with Crippen LogP contribution in [0.1, 0.15) is 58.1 Å².